The SMILES string of the molecule is Clc1ccc([C@H]2Nc3oc(-c4ccccc4)c(-c4ccccc4)c3-c3ncnn32)cc1. The summed E-state index contributed by atoms with van der Waals surface area (Å²) >= 11 is 6.10. The molecule has 0 saturated heterocycles. The van der Waals surface area contributed by atoms with Crippen LogP contribution in [0.2, 0.25) is 5.02 Å². The Bertz CT molecular complexity index is 1360. The van der Waals surface area contributed by atoms with Gasteiger partial charge in [0.05, 0.1) is 5.56 Å². The van der Waals surface area contributed by atoms with Crippen LogP contribution in [0.25, 0.3) is 33.8 Å². The lowest BCUT2D eigenvalue weighted by molar-refractivity contribution is 0.525. The molecule has 1 aliphatic rings. The predicted octanol–water partition coefficient (Wildman–Crippen LogP) is 6.50. The Labute approximate surface area is 183 Å². The molecule has 2 aromatic heterocycles. The van der Waals surface area contributed by atoms with E-state index in [1.165, 1.54) is 0 Å². The maximum atomic E-state index is 6.46. The average molecular weight is 425 g/mol. The number of nitrogens with zero attached hydrogens (tertiary/aromatic N) is 3. The number of benzene rings is 3. The highest BCUT2D eigenvalue weighted by molar-refractivity contribution is 6.30. The van der Waals surface area contributed by atoms with Crippen LogP contribution in [0.15, 0.2) is 95.7 Å². The van der Waals surface area contributed by atoms with Crippen molar-refractivity contribution in [3.05, 3.63) is 102 Å². The Morgan fingerprint density at radius 1 is 0.806 bits per heavy atom. The largest absolute Gasteiger partial charge is 0.439 e. The van der Waals surface area contributed by atoms with Gasteiger partial charge in [-0.2, -0.15) is 5.10 Å². The Morgan fingerprint density at radius 2 is 1.48 bits per heavy atom. The van der Waals surface area contributed by atoms with E-state index in [2.05, 4.69) is 39.7 Å². The van der Waals surface area contributed by atoms with Crippen molar-refractivity contribution < 1.29 is 4.42 Å². The van der Waals surface area contributed by atoms with E-state index in [9.17, 15) is 0 Å². The van der Waals surface area contributed by atoms with E-state index >= 15 is 0 Å². The molecule has 0 bridgehead atoms. The van der Waals surface area contributed by atoms with Crippen LogP contribution in [-0.2, 0) is 0 Å². The smallest absolute Gasteiger partial charge is 0.207 e. The topological polar surface area (TPSA) is 55.9 Å². The van der Waals surface area contributed by atoms with Crippen molar-refractivity contribution in [1.29, 1.82) is 0 Å². The summed E-state index contributed by atoms with van der Waals surface area (Å²) in [6.07, 6.45) is 1.33. The van der Waals surface area contributed by atoms with Gasteiger partial charge in [0.2, 0.25) is 5.88 Å². The number of furan rings is 1. The molecule has 0 spiro atoms. The third-order valence-electron chi connectivity index (χ3n) is 5.50. The average Bonchev–Trinajstić information content (AvgIpc) is 3.45. The molecular formula is C25H17ClN4O. The molecule has 5 aromatic rings. The summed E-state index contributed by atoms with van der Waals surface area (Å²) in [5.74, 6) is 2.24. The molecule has 0 unspecified atom stereocenters. The first kappa shape index (κ1) is 18.0. The van der Waals surface area contributed by atoms with Crippen LogP contribution in [-0.4, -0.2) is 14.8 Å². The van der Waals surface area contributed by atoms with Crippen molar-refractivity contribution in [1.82, 2.24) is 14.8 Å². The predicted molar refractivity (Wildman–Crippen MR) is 122 cm³/mol. The van der Waals surface area contributed by atoms with E-state index < -0.39 is 0 Å². The summed E-state index contributed by atoms with van der Waals surface area (Å²) in [4.78, 5) is 4.61. The molecule has 150 valence electrons. The first-order valence-electron chi connectivity index (χ1n) is 9.99. The number of fused-ring (bicyclic) bond motifs is 3. The quantitative estimate of drug-likeness (QED) is 0.359. The number of hydrogen-bond donors (Lipinski definition) is 1. The Hall–Kier alpha value is -3.83. The Balaban J connectivity index is 1.59. The third kappa shape index (κ3) is 2.94. The molecule has 5 nitrogen and oxygen atoms in total. The van der Waals surface area contributed by atoms with Crippen LogP contribution >= 0.6 is 11.6 Å². The summed E-state index contributed by atoms with van der Waals surface area (Å²) in [5, 5.41) is 8.74. The van der Waals surface area contributed by atoms with Crippen LogP contribution in [0.1, 0.15) is 11.7 Å². The van der Waals surface area contributed by atoms with Gasteiger partial charge >= 0.3 is 0 Å². The van der Waals surface area contributed by atoms with Gasteiger partial charge in [-0.05, 0) is 23.3 Å². The summed E-state index contributed by atoms with van der Waals surface area (Å²) in [6.45, 7) is 0. The second-order valence-corrected chi connectivity index (χ2v) is 7.81. The number of hydrogen-bond acceptors (Lipinski definition) is 4. The molecule has 31 heavy (non-hydrogen) atoms. The van der Waals surface area contributed by atoms with Crippen molar-refractivity contribution in [3.8, 4) is 33.8 Å². The molecule has 3 heterocycles. The molecule has 0 aliphatic carbocycles. The molecule has 0 fully saturated rings. The molecule has 1 aliphatic heterocycles. The number of aromatic nitrogens is 3. The molecule has 6 rings (SSSR count). The van der Waals surface area contributed by atoms with Crippen molar-refractivity contribution in [2.45, 2.75) is 6.17 Å². The van der Waals surface area contributed by atoms with Gasteiger partial charge in [-0.3, -0.25) is 0 Å². The molecular weight excluding hydrogens is 408 g/mol. The zero-order valence-corrected chi connectivity index (χ0v) is 17.1. The molecule has 0 amide bonds. The number of anilines is 1. The van der Waals surface area contributed by atoms with Crippen LogP contribution in [0.3, 0.4) is 0 Å². The number of rotatable bonds is 3. The number of nitrogens with one attached hydrogen (secondary N) is 1. The molecule has 1 N–H and O–H groups in total. The summed E-state index contributed by atoms with van der Waals surface area (Å²) in [7, 11) is 0. The van der Waals surface area contributed by atoms with Gasteiger partial charge in [0.15, 0.2) is 12.0 Å². The second kappa shape index (κ2) is 7.15. The maximum absolute atomic E-state index is 6.46. The molecule has 1 atom stereocenters. The number of halogens is 1. The van der Waals surface area contributed by atoms with Gasteiger partial charge in [-0.15, -0.1) is 0 Å². The minimum atomic E-state index is -0.249. The summed E-state index contributed by atoms with van der Waals surface area (Å²) < 4.78 is 8.35. The van der Waals surface area contributed by atoms with Crippen LogP contribution < -0.4 is 5.32 Å². The highest BCUT2D eigenvalue weighted by Gasteiger charge is 2.34. The Kier molecular flexibility index (Phi) is 4.14. The second-order valence-electron chi connectivity index (χ2n) is 7.37. The standard InChI is InChI=1S/C25H17ClN4O/c26-19-13-11-18(12-14-19)23-29-25-21(24-27-15-28-30(23)24)20(16-7-3-1-4-8-16)22(31-25)17-9-5-2-6-10-17/h1-15,23,29H/t23-/m0/s1. The summed E-state index contributed by atoms with van der Waals surface area (Å²) in [6, 6.07) is 28.1. The van der Waals surface area contributed by atoms with Gasteiger partial charge in [-0.25, -0.2) is 9.67 Å². The van der Waals surface area contributed by atoms with Crippen LogP contribution in [0.4, 0.5) is 5.88 Å². The maximum Gasteiger partial charge on any atom is 0.207 e. The van der Waals surface area contributed by atoms with Crippen LogP contribution in [0.5, 0.6) is 0 Å². The minimum Gasteiger partial charge on any atom is -0.439 e. The lowest BCUT2D eigenvalue weighted by Crippen LogP contribution is -2.25. The van der Waals surface area contributed by atoms with Gasteiger partial charge < -0.3 is 9.73 Å². The third-order valence-corrected chi connectivity index (χ3v) is 5.75. The van der Waals surface area contributed by atoms with Crippen molar-refractivity contribution >= 4 is 17.5 Å². The lowest BCUT2D eigenvalue weighted by atomic mass is 9.96. The molecule has 6 heteroatoms. The molecule has 0 saturated carbocycles. The zero-order chi connectivity index (χ0) is 20.8. The van der Waals surface area contributed by atoms with Crippen molar-refractivity contribution in [2.24, 2.45) is 0 Å². The minimum absolute atomic E-state index is 0.249. The summed E-state index contributed by atoms with van der Waals surface area (Å²) in [5.41, 5.74) is 4.99. The first-order valence-corrected chi connectivity index (χ1v) is 10.4. The van der Waals surface area contributed by atoms with E-state index in [0.29, 0.717) is 10.9 Å². The fourth-order valence-corrected chi connectivity index (χ4v) is 4.22. The van der Waals surface area contributed by atoms with Gasteiger partial charge in [0.1, 0.15) is 12.1 Å². The van der Waals surface area contributed by atoms with E-state index in [4.69, 9.17) is 16.0 Å². The van der Waals surface area contributed by atoms with Gasteiger partial charge in [0, 0.05) is 16.1 Å². The highest BCUT2D eigenvalue weighted by atomic mass is 35.5. The molecule has 3 aromatic carbocycles. The normalized spacial score (nSPS) is 14.5. The fraction of sp³-hybridized carbons (Fsp3) is 0.0400. The van der Waals surface area contributed by atoms with E-state index in [0.717, 1.165) is 39.4 Å². The molecule has 0 radical (unpaired) electrons. The van der Waals surface area contributed by atoms with E-state index in [1.807, 2.05) is 65.3 Å². The first-order chi connectivity index (χ1) is 15.3. The van der Waals surface area contributed by atoms with Crippen molar-refractivity contribution in [2.75, 3.05) is 5.32 Å². The van der Waals surface area contributed by atoms with E-state index in [-0.39, 0.29) is 6.17 Å². The van der Waals surface area contributed by atoms with Crippen LogP contribution in [0, 0.1) is 0 Å². The monoisotopic (exact) mass is 424 g/mol. The highest BCUT2D eigenvalue weighted by Crippen LogP contribution is 2.49. The fourth-order valence-electron chi connectivity index (χ4n) is 4.09. The Morgan fingerprint density at radius 3 is 2.19 bits per heavy atom. The van der Waals surface area contributed by atoms with Gasteiger partial charge in [0.25, 0.3) is 0 Å². The zero-order valence-electron chi connectivity index (χ0n) is 16.4. The lowest BCUT2D eigenvalue weighted by Gasteiger charge is -2.25. The van der Waals surface area contributed by atoms with Gasteiger partial charge in [-0.1, -0.05) is 84.4 Å². The van der Waals surface area contributed by atoms with E-state index in [1.54, 1.807) is 6.33 Å². The van der Waals surface area contributed by atoms with Crippen molar-refractivity contribution in [3.63, 3.8) is 0 Å².